The molecule has 1 heterocycles. The number of carbonyl (C=O) groups is 1. The van der Waals surface area contributed by atoms with Gasteiger partial charge in [0.2, 0.25) is 11.7 Å². The Labute approximate surface area is 85.3 Å². The SMILES string of the molecule is Cc1nnc(C(=O)C2CC(F)(F)C2)n1C. The summed E-state index contributed by atoms with van der Waals surface area (Å²) in [6, 6.07) is 0. The molecule has 82 valence electrons. The molecule has 1 saturated carbocycles. The Balaban J connectivity index is 2.13. The lowest BCUT2D eigenvalue weighted by Gasteiger charge is -2.33. The predicted molar refractivity (Wildman–Crippen MR) is 47.7 cm³/mol. The van der Waals surface area contributed by atoms with Crippen molar-refractivity contribution in [2.24, 2.45) is 13.0 Å². The van der Waals surface area contributed by atoms with Crippen LogP contribution < -0.4 is 0 Å². The van der Waals surface area contributed by atoms with Gasteiger partial charge in [-0.25, -0.2) is 8.78 Å². The first-order valence-corrected chi connectivity index (χ1v) is 4.69. The monoisotopic (exact) mass is 215 g/mol. The summed E-state index contributed by atoms with van der Waals surface area (Å²) in [6.45, 7) is 1.71. The molecule has 0 aromatic carbocycles. The maximum Gasteiger partial charge on any atom is 0.249 e. The molecule has 0 bridgehead atoms. The number of alkyl halides is 2. The average molecular weight is 215 g/mol. The molecule has 1 aliphatic carbocycles. The first kappa shape index (κ1) is 10.2. The molecule has 0 saturated heterocycles. The van der Waals surface area contributed by atoms with E-state index in [-0.39, 0.29) is 24.4 Å². The Kier molecular flexibility index (Phi) is 2.09. The third-order valence-electron chi connectivity index (χ3n) is 2.77. The van der Waals surface area contributed by atoms with Crippen LogP contribution in [-0.2, 0) is 7.05 Å². The third-order valence-corrected chi connectivity index (χ3v) is 2.77. The van der Waals surface area contributed by atoms with Crippen LogP contribution in [0.1, 0.15) is 29.3 Å². The lowest BCUT2D eigenvalue weighted by Crippen LogP contribution is -2.40. The van der Waals surface area contributed by atoms with Crippen LogP contribution in [-0.4, -0.2) is 26.5 Å². The van der Waals surface area contributed by atoms with Crippen molar-refractivity contribution in [3.05, 3.63) is 11.6 Å². The molecule has 1 fully saturated rings. The molecule has 1 aliphatic rings. The molecule has 2 rings (SSSR count). The molecule has 1 aromatic rings. The Morgan fingerprint density at radius 3 is 2.47 bits per heavy atom. The number of Topliss-reactive ketones (excluding diaryl/α,β-unsaturated/α-hetero) is 1. The molecule has 1 aromatic heterocycles. The second-order valence-corrected chi connectivity index (χ2v) is 3.96. The number of hydrogen-bond acceptors (Lipinski definition) is 3. The zero-order valence-corrected chi connectivity index (χ0v) is 8.50. The first-order valence-electron chi connectivity index (χ1n) is 4.69. The van der Waals surface area contributed by atoms with Crippen molar-refractivity contribution in [3.8, 4) is 0 Å². The Morgan fingerprint density at radius 2 is 2.07 bits per heavy atom. The second-order valence-electron chi connectivity index (χ2n) is 3.96. The van der Waals surface area contributed by atoms with Gasteiger partial charge in [-0.3, -0.25) is 4.79 Å². The van der Waals surface area contributed by atoms with Crippen LogP contribution in [0.2, 0.25) is 0 Å². The molecular formula is C9H11F2N3O. The van der Waals surface area contributed by atoms with E-state index in [4.69, 9.17) is 0 Å². The summed E-state index contributed by atoms with van der Waals surface area (Å²) in [6.07, 6.45) is -0.727. The second kappa shape index (κ2) is 3.08. The van der Waals surface area contributed by atoms with Crippen LogP contribution >= 0.6 is 0 Å². The van der Waals surface area contributed by atoms with Gasteiger partial charge in [-0.05, 0) is 6.92 Å². The van der Waals surface area contributed by atoms with Gasteiger partial charge in [-0.15, -0.1) is 10.2 Å². The van der Waals surface area contributed by atoms with Crippen molar-refractivity contribution < 1.29 is 13.6 Å². The molecule has 0 spiro atoms. The van der Waals surface area contributed by atoms with E-state index in [0.29, 0.717) is 5.82 Å². The van der Waals surface area contributed by atoms with Gasteiger partial charge in [0.1, 0.15) is 5.82 Å². The molecule has 0 radical (unpaired) electrons. The Bertz CT molecular complexity index is 405. The van der Waals surface area contributed by atoms with Crippen LogP contribution in [0.4, 0.5) is 8.78 Å². The van der Waals surface area contributed by atoms with Gasteiger partial charge >= 0.3 is 0 Å². The van der Waals surface area contributed by atoms with Crippen molar-refractivity contribution in [2.45, 2.75) is 25.7 Å². The molecule has 15 heavy (non-hydrogen) atoms. The van der Waals surface area contributed by atoms with Gasteiger partial charge in [0.25, 0.3) is 0 Å². The third kappa shape index (κ3) is 1.64. The summed E-state index contributed by atoms with van der Waals surface area (Å²) >= 11 is 0. The number of carbonyl (C=O) groups excluding carboxylic acids is 1. The van der Waals surface area contributed by atoms with Gasteiger partial charge in [-0.2, -0.15) is 0 Å². The summed E-state index contributed by atoms with van der Waals surface area (Å²) in [5.74, 6) is -2.82. The average Bonchev–Trinajstić information content (AvgIpc) is 2.43. The largest absolute Gasteiger partial charge is 0.312 e. The molecular weight excluding hydrogens is 204 g/mol. The summed E-state index contributed by atoms with van der Waals surface area (Å²) in [7, 11) is 1.65. The zero-order chi connectivity index (χ0) is 11.2. The molecule has 6 heteroatoms. The van der Waals surface area contributed by atoms with Crippen LogP contribution in [0.15, 0.2) is 0 Å². The van der Waals surface area contributed by atoms with Crippen molar-refractivity contribution in [1.82, 2.24) is 14.8 Å². The first-order chi connectivity index (χ1) is 6.91. The van der Waals surface area contributed by atoms with E-state index >= 15 is 0 Å². The summed E-state index contributed by atoms with van der Waals surface area (Å²) in [4.78, 5) is 11.7. The van der Waals surface area contributed by atoms with E-state index in [2.05, 4.69) is 10.2 Å². The number of halogens is 2. The van der Waals surface area contributed by atoms with Gasteiger partial charge in [-0.1, -0.05) is 0 Å². The van der Waals surface area contributed by atoms with Crippen LogP contribution in [0.5, 0.6) is 0 Å². The lowest BCUT2D eigenvalue weighted by atomic mass is 9.78. The number of ketones is 1. The fourth-order valence-electron chi connectivity index (χ4n) is 1.65. The van der Waals surface area contributed by atoms with E-state index in [9.17, 15) is 13.6 Å². The molecule has 0 atom stereocenters. The Hall–Kier alpha value is -1.33. The maximum absolute atomic E-state index is 12.6. The fourth-order valence-corrected chi connectivity index (χ4v) is 1.65. The number of rotatable bonds is 2. The van der Waals surface area contributed by atoms with Crippen molar-refractivity contribution in [3.63, 3.8) is 0 Å². The standard InChI is InChI=1S/C9H11F2N3O/c1-5-12-13-8(14(5)2)7(15)6-3-9(10,11)4-6/h6H,3-4H2,1-2H3. The predicted octanol–water partition coefficient (Wildman–Crippen LogP) is 1.35. The minimum atomic E-state index is -2.67. The molecule has 0 amide bonds. The van der Waals surface area contributed by atoms with Gasteiger partial charge in [0.15, 0.2) is 5.82 Å². The summed E-state index contributed by atoms with van der Waals surface area (Å²) in [5.41, 5.74) is 0. The van der Waals surface area contributed by atoms with E-state index in [1.54, 1.807) is 14.0 Å². The number of aromatic nitrogens is 3. The quantitative estimate of drug-likeness (QED) is 0.699. The van der Waals surface area contributed by atoms with Crippen LogP contribution in [0, 0.1) is 12.8 Å². The lowest BCUT2D eigenvalue weighted by molar-refractivity contribution is -0.0984. The molecule has 0 unspecified atom stereocenters. The van der Waals surface area contributed by atoms with Crippen molar-refractivity contribution in [2.75, 3.05) is 0 Å². The molecule has 0 N–H and O–H groups in total. The number of hydrogen-bond donors (Lipinski definition) is 0. The number of aryl methyl sites for hydroxylation is 1. The van der Waals surface area contributed by atoms with E-state index in [1.165, 1.54) is 4.57 Å². The van der Waals surface area contributed by atoms with Gasteiger partial charge in [0, 0.05) is 25.8 Å². The van der Waals surface area contributed by atoms with Gasteiger partial charge < -0.3 is 4.57 Å². The Morgan fingerprint density at radius 1 is 1.47 bits per heavy atom. The minimum Gasteiger partial charge on any atom is -0.312 e. The highest BCUT2D eigenvalue weighted by atomic mass is 19.3. The fraction of sp³-hybridized carbons (Fsp3) is 0.667. The summed E-state index contributed by atoms with van der Waals surface area (Å²) < 4.78 is 26.7. The van der Waals surface area contributed by atoms with Crippen LogP contribution in [0.25, 0.3) is 0 Å². The highest BCUT2D eigenvalue weighted by Gasteiger charge is 2.49. The highest BCUT2D eigenvalue weighted by Crippen LogP contribution is 2.43. The normalized spacial score (nSPS) is 20.0. The molecule has 4 nitrogen and oxygen atoms in total. The van der Waals surface area contributed by atoms with Crippen molar-refractivity contribution in [1.29, 1.82) is 0 Å². The maximum atomic E-state index is 12.6. The smallest absolute Gasteiger partial charge is 0.249 e. The zero-order valence-electron chi connectivity index (χ0n) is 8.50. The molecule has 0 aliphatic heterocycles. The van der Waals surface area contributed by atoms with Crippen molar-refractivity contribution >= 4 is 5.78 Å². The highest BCUT2D eigenvalue weighted by molar-refractivity contribution is 5.95. The van der Waals surface area contributed by atoms with E-state index in [0.717, 1.165) is 0 Å². The van der Waals surface area contributed by atoms with E-state index in [1.807, 2.05) is 0 Å². The topological polar surface area (TPSA) is 47.8 Å². The summed E-state index contributed by atoms with van der Waals surface area (Å²) in [5, 5.41) is 7.40. The number of nitrogens with zero attached hydrogens (tertiary/aromatic N) is 3. The van der Waals surface area contributed by atoms with Gasteiger partial charge in [0.05, 0.1) is 0 Å². The van der Waals surface area contributed by atoms with Crippen LogP contribution in [0.3, 0.4) is 0 Å². The van der Waals surface area contributed by atoms with E-state index < -0.39 is 11.8 Å². The minimum absolute atomic E-state index is 0.174.